The van der Waals surface area contributed by atoms with Crippen LogP contribution in [0.4, 0.5) is 8.78 Å². The molecule has 0 amide bonds. The molecule has 0 fully saturated rings. The van der Waals surface area contributed by atoms with Crippen LogP contribution in [0, 0.1) is 6.92 Å². The smallest absolute Gasteiger partial charge is 0.451 e. The van der Waals surface area contributed by atoms with Crippen molar-refractivity contribution in [1.82, 2.24) is 3.97 Å². The maximum Gasteiger partial charge on any atom is 0.451 e. The van der Waals surface area contributed by atoms with E-state index in [0.717, 1.165) is 26.6 Å². The second kappa shape index (κ2) is 10.4. The number of hydrogen-bond acceptors (Lipinski definition) is 5. The Hall–Kier alpha value is -2.41. The maximum absolute atomic E-state index is 13.9. The van der Waals surface area contributed by atoms with E-state index in [1.165, 1.54) is 43.5 Å². The zero-order valence-electron chi connectivity index (χ0n) is 19.3. The largest absolute Gasteiger partial charge is 0.465 e. The number of aromatic nitrogens is 1. The lowest BCUT2D eigenvalue weighted by molar-refractivity contribution is -0.0691. The van der Waals surface area contributed by atoms with E-state index in [0.29, 0.717) is 16.5 Å². The van der Waals surface area contributed by atoms with Gasteiger partial charge < -0.3 is 9.47 Å². The molecule has 3 aromatic carbocycles. The Labute approximate surface area is 235 Å². The second-order valence-electron chi connectivity index (χ2n) is 7.99. The average Bonchev–Trinajstić information content (AvgIpc) is 3.20. The number of aryl methyl sites for hydroxylation is 1. The number of carbonyl (C=O) groups is 1. The molecule has 1 aromatic heterocycles. The molecule has 1 heterocycles. The van der Waals surface area contributed by atoms with Gasteiger partial charge in [0.2, 0.25) is 0 Å². The number of carbonyl (C=O) groups excluding carboxylic acids is 1. The van der Waals surface area contributed by atoms with E-state index in [2.05, 4.69) is 0 Å². The summed E-state index contributed by atoms with van der Waals surface area (Å²) in [5, 5.41) is 0.713. The van der Waals surface area contributed by atoms with Crippen LogP contribution < -0.4 is 4.74 Å². The quantitative estimate of drug-likeness (QED) is 0.117. The van der Waals surface area contributed by atoms with Crippen molar-refractivity contribution in [2.24, 2.45) is 0 Å². The predicted octanol–water partition coefficient (Wildman–Crippen LogP) is 7.24. The average molecular weight is 680 g/mol. The van der Waals surface area contributed by atoms with Gasteiger partial charge in [-0.1, -0.05) is 41.4 Å². The van der Waals surface area contributed by atoms with Crippen molar-refractivity contribution in [2.45, 2.75) is 22.4 Å². The summed E-state index contributed by atoms with van der Waals surface area (Å²) in [4.78, 5) is 12.2. The maximum atomic E-state index is 13.9. The van der Waals surface area contributed by atoms with Gasteiger partial charge in [0.15, 0.2) is 0 Å². The molecule has 0 aliphatic rings. The molecule has 0 bridgehead atoms. The summed E-state index contributed by atoms with van der Waals surface area (Å²) in [6.07, 6.45) is -0.0959. The number of nitrogens with zero attached hydrogens (tertiary/aromatic N) is 1. The summed E-state index contributed by atoms with van der Waals surface area (Å²) in [7, 11) is -3.01. The summed E-state index contributed by atoms with van der Waals surface area (Å²) in [5.74, 6) is -0.889. The third-order valence-corrected chi connectivity index (χ3v) is 8.38. The van der Waals surface area contributed by atoms with Crippen molar-refractivity contribution in [1.29, 1.82) is 0 Å². The van der Waals surface area contributed by atoms with Crippen LogP contribution in [-0.4, -0.2) is 29.6 Å². The van der Waals surface area contributed by atoms with Gasteiger partial charge in [0, 0.05) is 28.6 Å². The first-order valence-corrected chi connectivity index (χ1v) is 13.9. The van der Waals surface area contributed by atoms with Crippen LogP contribution in [0.15, 0.2) is 65.6 Å². The number of fused-ring (bicyclic) bond motifs is 1. The monoisotopic (exact) mass is 679 g/mol. The lowest BCUT2D eigenvalue weighted by Gasteiger charge is -2.16. The van der Waals surface area contributed by atoms with Gasteiger partial charge in [-0.2, -0.15) is 8.78 Å². The molecule has 0 saturated heterocycles. The van der Waals surface area contributed by atoms with Crippen molar-refractivity contribution >= 4 is 72.7 Å². The lowest BCUT2D eigenvalue weighted by Crippen LogP contribution is -2.17. The molecular weight excluding hydrogens is 662 g/mol. The third-order valence-electron chi connectivity index (χ3n) is 5.59. The Bertz CT molecular complexity index is 1620. The first kappa shape index (κ1) is 27.6. The highest BCUT2D eigenvalue weighted by atomic mass is 127. The van der Waals surface area contributed by atoms with Crippen molar-refractivity contribution < 1.29 is 31.5 Å². The number of methoxy groups -OCH3 is 1. The van der Waals surface area contributed by atoms with Crippen LogP contribution in [0.1, 0.15) is 27.2 Å². The summed E-state index contributed by atoms with van der Waals surface area (Å²) in [6.45, 7) is 1.65. The van der Waals surface area contributed by atoms with Crippen LogP contribution >= 0.6 is 45.8 Å². The zero-order valence-corrected chi connectivity index (χ0v) is 23.8. The molecule has 0 unspecified atom stereocenters. The summed E-state index contributed by atoms with van der Waals surface area (Å²) < 4.78 is 62.0. The van der Waals surface area contributed by atoms with Gasteiger partial charge in [0.05, 0.1) is 50.7 Å². The van der Waals surface area contributed by atoms with Gasteiger partial charge in [-0.15, -0.1) is 0 Å². The lowest BCUT2D eigenvalue weighted by atomic mass is 10.1. The van der Waals surface area contributed by atoms with E-state index >= 15 is 0 Å². The Balaban J connectivity index is 2.00. The van der Waals surface area contributed by atoms with Crippen LogP contribution in [0.25, 0.3) is 10.9 Å². The Morgan fingerprint density at radius 3 is 2.38 bits per heavy atom. The molecule has 0 atom stereocenters. The fourth-order valence-corrected chi connectivity index (χ4v) is 6.37. The van der Waals surface area contributed by atoms with E-state index in [9.17, 15) is 22.0 Å². The molecule has 6 nitrogen and oxygen atoms in total. The minimum atomic E-state index is -4.21. The van der Waals surface area contributed by atoms with Crippen molar-refractivity contribution in [3.8, 4) is 5.75 Å². The molecule has 0 spiro atoms. The molecule has 0 radical (unpaired) electrons. The van der Waals surface area contributed by atoms with Gasteiger partial charge >= 0.3 is 10.1 Å². The summed E-state index contributed by atoms with van der Waals surface area (Å²) in [5.41, 5.74) is 1.24. The van der Waals surface area contributed by atoms with E-state index < -0.39 is 20.1 Å². The highest BCUT2D eigenvalue weighted by molar-refractivity contribution is 14.1. The molecule has 194 valence electrons. The first-order valence-electron chi connectivity index (χ1n) is 10.6. The molecule has 0 saturated carbocycles. The van der Waals surface area contributed by atoms with E-state index in [4.69, 9.17) is 32.7 Å². The SMILES string of the molecule is COC(=O)c1ccc(Cl)c(Cc2cc3c(C)cc(OC(F)(F)I)cc3n2S(=O)(=O)c2ccccc2)c1Cl. The van der Waals surface area contributed by atoms with E-state index in [1.54, 1.807) is 31.2 Å². The number of rotatable bonds is 7. The zero-order chi connectivity index (χ0) is 27.1. The normalized spacial score (nSPS) is 12.1. The van der Waals surface area contributed by atoms with Crippen molar-refractivity contribution in [3.63, 3.8) is 0 Å². The van der Waals surface area contributed by atoms with Crippen molar-refractivity contribution in [3.05, 3.63) is 93.1 Å². The van der Waals surface area contributed by atoms with Gasteiger partial charge in [0.25, 0.3) is 10.0 Å². The van der Waals surface area contributed by atoms with Crippen LogP contribution in [0.3, 0.4) is 0 Å². The Morgan fingerprint density at radius 1 is 1.08 bits per heavy atom. The van der Waals surface area contributed by atoms with Crippen molar-refractivity contribution in [2.75, 3.05) is 7.11 Å². The van der Waals surface area contributed by atoms with E-state index in [1.807, 2.05) is 0 Å². The first-order chi connectivity index (χ1) is 17.3. The standard InChI is InChI=1S/C25H18Cl2F2INO5S/c1-14-10-16(36-25(28,29)30)13-22-19(14)11-15(31(22)37(33,34)17-6-4-3-5-7-17)12-20-21(26)9-8-18(23(20)27)24(32)35-2/h3-11,13H,12H2,1-2H3. The second-order valence-corrected chi connectivity index (χ2v) is 11.8. The summed E-state index contributed by atoms with van der Waals surface area (Å²) in [6, 6.07) is 14.8. The highest BCUT2D eigenvalue weighted by Gasteiger charge is 2.29. The number of hydrogen-bond donors (Lipinski definition) is 0. The minimum Gasteiger partial charge on any atom is -0.465 e. The fourth-order valence-electron chi connectivity index (χ4n) is 3.99. The molecule has 0 aliphatic heterocycles. The van der Waals surface area contributed by atoms with Gasteiger partial charge in [-0.25, -0.2) is 17.2 Å². The number of esters is 1. The highest BCUT2D eigenvalue weighted by Crippen LogP contribution is 2.37. The third kappa shape index (κ3) is 5.57. The summed E-state index contributed by atoms with van der Waals surface area (Å²) >= 11 is 13.8. The van der Waals surface area contributed by atoms with Crippen LogP contribution in [0.5, 0.6) is 5.75 Å². The topological polar surface area (TPSA) is 74.6 Å². The molecular formula is C25H18Cl2F2INO5S. The molecule has 4 rings (SSSR count). The number of alkyl halides is 3. The van der Waals surface area contributed by atoms with Gasteiger partial charge in [-0.3, -0.25) is 0 Å². The Kier molecular flexibility index (Phi) is 7.76. The van der Waals surface area contributed by atoms with Crippen LogP contribution in [0.2, 0.25) is 10.0 Å². The molecule has 12 heteroatoms. The number of halogens is 5. The molecule has 4 aromatic rings. The molecule has 0 aliphatic carbocycles. The number of benzene rings is 3. The Morgan fingerprint density at radius 2 is 1.76 bits per heavy atom. The predicted molar refractivity (Wildman–Crippen MR) is 146 cm³/mol. The van der Waals surface area contributed by atoms with Gasteiger partial charge in [-0.05, 0) is 54.4 Å². The number of ether oxygens (including phenoxy) is 2. The van der Waals surface area contributed by atoms with Crippen LogP contribution in [-0.2, 0) is 21.2 Å². The fraction of sp³-hybridized carbons (Fsp3) is 0.160. The molecule has 37 heavy (non-hydrogen) atoms. The van der Waals surface area contributed by atoms with Gasteiger partial charge in [0.1, 0.15) is 5.75 Å². The van der Waals surface area contributed by atoms with E-state index in [-0.39, 0.29) is 43.9 Å². The minimum absolute atomic E-state index is 0.0126. The molecule has 0 N–H and O–H groups in total.